The monoisotopic (exact) mass is 274 g/mol. The van der Waals surface area contributed by atoms with E-state index in [-0.39, 0.29) is 22.3 Å². The molecule has 0 aliphatic carbocycles. The first kappa shape index (κ1) is 14.3. The van der Waals surface area contributed by atoms with Crippen molar-refractivity contribution in [3.05, 3.63) is 28.0 Å². The van der Waals surface area contributed by atoms with Crippen molar-refractivity contribution in [2.24, 2.45) is 0 Å². The van der Waals surface area contributed by atoms with E-state index in [0.29, 0.717) is 5.02 Å². The maximum atomic E-state index is 12.2. The molecule has 0 radical (unpaired) electrons. The van der Waals surface area contributed by atoms with E-state index in [1.165, 1.54) is 0 Å². The maximum absolute atomic E-state index is 12.2. The van der Waals surface area contributed by atoms with Gasteiger partial charge in [-0.3, -0.25) is 4.79 Å². The van der Waals surface area contributed by atoms with Gasteiger partial charge in [0.15, 0.2) is 0 Å². The second kappa shape index (κ2) is 5.23. The number of carbonyl (C=O) groups is 1. The van der Waals surface area contributed by atoms with Crippen LogP contribution < -0.4 is 0 Å². The SMILES string of the molecule is CCC(C)(C)N(C)C(=O)c1nc(Cl)ccc1Cl. The van der Waals surface area contributed by atoms with Gasteiger partial charge in [-0.25, -0.2) is 4.98 Å². The molecule has 0 bridgehead atoms. The second-order valence-corrected chi connectivity index (χ2v) is 5.29. The number of carbonyl (C=O) groups excluding carboxylic acids is 1. The van der Waals surface area contributed by atoms with E-state index in [2.05, 4.69) is 4.98 Å². The number of halogens is 2. The Bertz CT molecular complexity index is 433. The Morgan fingerprint density at radius 1 is 1.41 bits per heavy atom. The average Bonchev–Trinajstić information content (AvgIpc) is 2.30. The van der Waals surface area contributed by atoms with Gasteiger partial charge >= 0.3 is 0 Å². The van der Waals surface area contributed by atoms with Crippen LogP contribution in [0.15, 0.2) is 12.1 Å². The smallest absolute Gasteiger partial charge is 0.274 e. The van der Waals surface area contributed by atoms with Crippen molar-refractivity contribution >= 4 is 29.1 Å². The molecule has 0 saturated carbocycles. The lowest BCUT2D eigenvalue weighted by atomic mass is 9.99. The van der Waals surface area contributed by atoms with Crippen molar-refractivity contribution < 1.29 is 4.79 Å². The van der Waals surface area contributed by atoms with Crippen molar-refractivity contribution in [3.8, 4) is 0 Å². The van der Waals surface area contributed by atoms with E-state index >= 15 is 0 Å². The van der Waals surface area contributed by atoms with E-state index < -0.39 is 0 Å². The summed E-state index contributed by atoms with van der Waals surface area (Å²) in [6.45, 7) is 6.00. The van der Waals surface area contributed by atoms with Crippen molar-refractivity contribution in [1.29, 1.82) is 0 Å². The lowest BCUT2D eigenvalue weighted by molar-refractivity contribution is 0.0614. The summed E-state index contributed by atoms with van der Waals surface area (Å²) in [5.74, 6) is -0.218. The Balaban J connectivity index is 3.08. The minimum Gasteiger partial charge on any atom is -0.335 e. The van der Waals surface area contributed by atoms with Gasteiger partial charge in [-0.15, -0.1) is 0 Å². The Labute approximate surface area is 112 Å². The minimum atomic E-state index is -0.246. The summed E-state index contributed by atoms with van der Waals surface area (Å²) in [6.07, 6.45) is 0.841. The van der Waals surface area contributed by atoms with Crippen molar-refractivity contribution in [3.63, 3.8) is 0 Å². The molecule has 0 aliphatic rings. The quantitative estimate of drug-likeness (QED) is 0.789. The van der Waals surface area contributed by atoms with Gasteiger partial charge in [0.25, 0.3) is 5.91 Å². The normalized spacial score (nSPS) is 11.4. The maximum Gasteiger partial charge on any atom is 0.274 e. The number of hydrogen-bond acceptors (Lipinski definition) is 2. The van der Waals surface area contributed by atoms with Crippen molar-refractivity contribution in [2.45, 2.75) is 32.7 Å². The van der Waals surface area contributed by atoms with Crippen molar-refractivity contribution in [1.82, 2.24) is 9.88 Å². The summed E-state index contributed by atoms with van der Waals surface area (Å²) in [4.78, 5) is 17.9. The predicted octanol–water partition coefficient (Wildman–Crippen LogP) is 3.65. The fraction of sp³-hybridized carbons (Fsp3) is 0.500. The zero-order valence-corrected chi connectivity index (χ0v) is 11.9. The van der Waals surface area contributed by atoms with Crippen LogP contribution >= 0.6 is 23.2 Å². The fourth-order valence-corrected chi connectivity index (χ4v) is 1.57. The van der Waals surface area contributed by atoms with Crippen LogP contribution in [0.3, 0.4) is 0 Å². The lowest BCUT2D eigenvalue weighted by Gasteiger charge is -2.34. The number of aromatic nitrogens is 1. The van der Waals surface area contributed by atoms with Crippen LogP contribution in [0, 0.1) is 0 Å². The number of pyridine rings is 1. The molecule has 1 amide bonds. The van der Waals surface area contributed by atoms with Gasteiger partial charge in [0.05, 0.1) is 5.02 Å². The molecule has 1 aromatic rings. The van der Waals surface area contributed by atoms with Crippen LogP contribution in [0.4, 0.5) is 0 Å². The van der Waals surface area contributed by atoms with E-state index in [1.807, 2.05) is 20.8 Å². The molecule has 0 aromatic carbocycles. The number of amides is 1. The van der Waals surface area contributed by atoms with Gasteiger partial charge in [-0.05, 0) is 32.4 Å². The zero-order chi connectivity index (χ0) is 13.2. The molecular formula is C12H16Cl2N2O. The predicted molar refractivity (Wildman–Crippen MR) is 70.7 cm³/mol. The molecule has 94 valence electrons. The lowest BCUT2D eigenvalue weighted by Crippen LogP contribution is -2.44. The topological polar surface area (TPSA) is 33.2 Å². The molecule has 1 aromatic heterocycles. The van der Waals surface area contributed by atoms with Crippen LogP contribution in [0.5, 0.6) is 0 Å². The molecule has 5 heteroatoms. The second-order valence-electron chi connectivity index (χ2n) is 4.49. The van der Waals surface area contributed by atoms with Gasteiger partial charge in [0.2, 0.25) is 0 Å². The summed E-state index contributed by atoms with van der Waals surface area (Å²) < 4.78 is 0. The molecular weight excluding hydrogens is 259 g/mol. The molecule has 0 N–H and O–H groups in total. The Kier molecular flexibility index (Phi) is 4.39. The molecule has 1 heterocycles. The Hall–Kier alpha value is -0.800. The van der Waals surface area contributed by atoms with Gasteiger partial charge in [0, 0.05) is 12.6 Å². The van der Waals surface area contributed by atoms with Crippen LogP contribution in [0.2, 0.25) is 10.2 Å². The largest absolute Gasteiger partial charge is 0.335 e. The standard InChI is InChI=1S/C12H16Cl2N2O/c1-5-12(2,3)16(4)11(17)10-8(13)6-7-9(14)15-10/h6-7H,5H2,1-4H3. The molecule has 0 saturated heterocycles. The first-order valence-corrected chi connectivity index (χ1v) is 6.15. The molecule has 1 rings (SSSR count). The molecule has 0 aliphatic heterocycles. The summed E-state index contributed by atoms with van der Waals surface area (Å²) in [7, 11) is 1.74. The van der Waals surface area contributed by atoms with Gasteiger partial charge in [-0.2, -0.15) is 0 Å². The molecule has 3 nitrogen and oxygen atoms in total. The highest BCUT2D eigenvalue weighted by Gasteiger charge is 2.28. The number of rotatable bonds is 3. The molecule has 0 spiro atoms. The minimum absolute atomic E-state index is 0.197. The molecule has 0 unspecified atom stereocenters. The highest BCUT2D eigenvalue weighted by Crippen LogP contribution is 2.23. The van der Waals surface area contributed by atoms with Crippen LogP contribution in [-0.4, -0.2) is 28.4 Å². The van der Waals surface area contributed by atoms with Crippen LogP contribution in [0.25, 0.3) is 0 Å². The first-order valence-electron chi connectivity index (χ1n) is 5.40. The summed E-state index contributed by atoms with van der Waals surface area (Å²) in [5.41, 5.74) is -0.0482. The highest BCUT2D eigenvalue weighted by atomic mass is 35.5. The number of nitrogens with zero attached hydrogens (tertiary/aromatic N) is 2. The summed E-state index contributed by atoms with van der Waals surface area (Å²) in [5, 5.41) is 0.582. The molecule has 17 heavy (non-hydrogen) atoms. The Morgan fingerprint density at radius 3 is 2.53 bits per heavy atom. The van der Waals surface area contributed by atoms with Crippen LogP contribution in [-0.2, 0) is 0 Å². The molecule has 0 fully saturated rings. The van der Waals surface area contributed by atoms with E-state index in [4.69, 9.17) is 23.2 Å². The van der Waals surface area contributed by atoms with Gasteiger partial charge in [-0.1, -0.05) is 30.1 Å². The Morgan fingerprint density at radius 2 is 2.00 bits per heavy atom. The summed E-state index contributed by atoms with van der Waals surface area (Å²) in [6, 6.07) is 3.14. The highest BCUT2D eigenvalue weighted by molar-refractivity contribution is 6.34. The van der Waals surface area contributed by atoms with Crippen molar-refractivity contribution in [2.75, 3.05) is 7.05 Å². The third kappa shape index (κ3) is 3.11. The van der Waals surface area contributed by atoms with E-state index in [1.54, 1.807) is 24.1 Å². The number of hydrogen-bond donors (Lipinski definition) is 0. The van der Waals surface area contributed by atoms with Gasteiger partial charge in [0.1, 0.15) is 10.8 Å². The van der Waals surface area contributed by atoms with Gasteiger partial charge < -0.3 is 4.90 Å². The summed E-state index contributed by atoms with van der Waals surface area (Å²) >= 11 is 11.7. The third-order valence-corrected chi connectivity index (χ3v) is 3.61. The first-order chi connectivity index (χ1) is 7.79. The van der Waals surface area contributed by atoms with E-state index in [9.17, 15) is 4.79 Å². The van der Waals surface area contributed by atoms with E-state index in [0.717, 1.165) is 6.42 Å². The van der Waals surface area contributed by atoms with Crippen LogP contribution in [0.1, 0.15) is 37.7 Å². The fourth-order valence-electron chi connectivity index (χ4n) is 1.24. The third-order valence-electron chi connectivity index (χ3n) is 3.09. The zero-order valence-electron chi connectivity index (χ0n) is 10.4. The average molecular weight is 275 g/mol. The molecule has 0 atom stereocenters.